The quantitative estimate of drug-likeness (QED) is 0.671. The van der Waals surface area contributed by atoms with Gasteiger partial charge in [0.05, 0.1) is 19.2 Å². The van der Waals surface area contributed by atoms with E-state index in [1.165, 1.54) is 7.11 Å². The van der Waals surface area contributed by atoms with E-state index in [0.717, 1.165) is 10.9 Å². The number of aliphatic imine (C=N–C) groups is 1. The van der Waals surface area contributed by atoms with Crippen molar-refractivity contribution in [2.45, 2.75) is 25.5 Å². The van der Waals surface area contributed by atoms with Gasteiger partial charge in [0.2, 0.25) is 0 Å². The predicted octanol–water partition coefficient (Wildman–Crippen LogP) is 2.14. The molecule has 17 heavy (non-hydrogen) atoms. The van der Waals surface area contributed by atoms with Gasteiger partial charge in [0.25, 0.3) is 0 Å². The Morgan fingerprint density at radius 1 is 1.59 bits per heavy atom. The lowest BCUT2D eigenvalue weighted by Gasteiger charge is -2.37. The Hall–Kier alpha value is -1.23. The first kappa shape index (κ1) is 12.2. The Bertz CT molecular complexity index is 449. The summed E-state index contributed by atoms with van der Waals surface area (Å²) in [4.78, 5) is 17.9. The maximum absolute atomic E-state index is 11.5. The van der Waals surface area contributed by atoms with Crippen LogP contribution in [0.5, 0.6) is 0 Å². The summed E-state index contributed by atoms with van der Waals surface area (Å²) < 4.78 is 4.77. The lowest BCUT2D eigenvalue weighted by Crippen LogP contribution is -2.39. The SMILES string of the molecule is COC(=O)C1=CN=C2SC(C)(C)C=C(C)N2C1. The number of amidine groups is 1. The lowest BCUT2D eigenvalue weighted by molar-refractivity contribution is -0.136. The van der Waals surface area contributed by atoms with Gasteiger partial charge >= 0.3 is 5.97 Å². The van der Waals surface area contributed by atoms with Crippen molar-refractivity contribution in [2.75, 3.05) is 13.7 Å². The van der Waals surface area contributed by atoms with Crippen LogP contribution in [-0.2, 0) is 9.53 Å². The third-order valence-corrected chi connectivity index (χ3v) is 3.83. The van der Waals surface area contributed by atoms with Crippen molar-refractivity contribution in [3.8, 4) is 0 Å². The molecule has 2 heterocycles. The summed E-state index contributed by atoms with van der Waals surface area (Å²) in [5, 5.41) is 0.947. The van der Waals surface area contributed by atoms with Crippen molar-refractivity contribution >= 4 is 22.9 Å². The Balaban J connectivity index is 2.30. The van der Waals surface area contributed by atoms with E-state index < -0.39 is 0 Å². The molecule has 4 nitrogen and oxygen atoms in total. The van der Waals surface area contributed by atoms with Crippen molar-refractivity contribution in [3.63, 3.8) is 0 Å². The van der Waals surface area contributed by atoms with E-state index in [2.05, 4.69) is 24.9 Å². The molecule has 5 heteroatoms. The van der Waals surface area contributed by atoms with Crippen molar-refractivity contribution in [2.24, 2.45) is 4.99 Å². The first-order chi connectivity index (χ1) is 7.93. The van der Waals surface area contributed by atoms with Gasteiger partial charge in [0.15, 0.2) is 5.17 Å². The smallest absolute Gasteiger partial charge is 0.337 e. The number of fused-ring (bicyclic) bond motifs is 1. The summed E-state index contributed by atoms with van der Waals surface area (Å²) in [6.45, 7) is 6.88. The maximum Gasteiger partial charge on any atom is 0.337 e. The zero-order valence-corrected chi connectivity index (χ0v) is 11.3. The molecule has 0 aromatic heterocycles. The van der Waals surface area contributed by atoms with Gasteiger partial charge in [-0.05, 0) is 26.8 Å². The second-order valence-electron chi connectivity index (χ2n) is 4.63. The predicted molar refractivity (Wildman–Crippen MR) is 69.7 cm³/mol. The Labute approximate surface area is 105 Å². The molecular formula is C12H16N2O2S. The standard InChI is InChI=1S/C12H16N2O2S/c1-8-5-12(2,3)17-11-13-6-9(7-14(8)11)10(15)16-4/h5-6H,7H2,1-4H3. The van der Waals surface area contributed by atoms with Crippen LogP contribution in [0.2, 0.25) is 0 Å². The van der Waals surface area contributed by atoms with Crippen LogP contribution in [0, 0.1) is 0 Å². The van der Waals surface area contributed by atoms with Crippen molar-refractivity contribution in [3.05, 3.63) is 23.5 Å². The average Bonchev–Trinajstić information content (AvgIpc) is 2.26. The van der Waals surface area contributed by atoms with Crippen LogP contribution in [-0.4, -0.2) is 34.4 Å². The Morgan fingerprint density at radius 2 is 2.29 bits per heavy atom. The fraction of sp³-hybridized carbons (Fsp3) is 0.500. The lowest BCUT2D eigenvalue weighted by atomic mass is 10.1. The summed E-state index contributed by atoms with van der Waals surface area (Å²) in [5.74, 6) is -0.310. The molecule has 0 fully saturated rings. The van der Waals surface area contributed by atoms with Crippen LogP contribution in [0.4, 0.5) is 0 Å². The second kappa shape index (κ2) is 4.22. The van der Waals surface area contributed by atoms with Gasteiger partial charge in [-0.1, -0.05) is 11.8 Å². The fourth-order valence-electron chi connectivity index (χ4n) is 1.93. The summed E-state index contributed by atoms with van der Waals surface area (Å²) >= 11 is 1.70. The molecule has 0 amide bonds. The van der Waals surface area contributed by atoms with Gasteiger partial charge in [-0.3, -0.25) is 0 Å². The van der Waals surface area contributed by atoms with Gasteiger partial charge < -0.3 is 9.64 Å². The van der Waals surface area contributed by atoms with E-state index in [-0.39, 0.29) is 10.7 Å². The third-order valence-electron chi connectivity index (χ3n) is 2.67. The minimum atomic E-state index is -0.310. The molecule has 0 bridgehead atoms. The number of carbonyl (C=O) groups excluding carboxylic acids is 1. The molecule has 0 aromatic carbocycles. The molecule has 0 aromatic rings. The van der Waals surface area contributed by atoms with Crippen LogP contribution in [0.15, 0.2) is 28.5 Å². The van der Waals surface area contributed by atoms with E-state index in [4.69, 9.17) is 4.74 Å². The number of hydrogen-bond donors (Lipinski definition) is 0. The van der Waals surface area contributed by atoms with E-state index in [9.17, 15) is 4.79 Å². The van der Waals surface area contributed by atoms with Crippen LogP contribution in [0.25, 0.3) is 0 Å². The normalized spacial score (nSPS) is 22.1. The Kier molecular flexibility index (Phi) is 3.03. The average molecular weight is 252 g/mol. The third kappa shape index (κ3) is 2.39. The number of esters is 1. The first-order valence-electron chi connectivity index (χ1n) is 5.44. The number of allylic oxidation sites excluding steroid dienone is 1. The highest BCUT2D eigenvalue weighted by atomic mass is 32.2. The van der Waals surface area contributed by atoms with E-state index in [1.807, 2.05) is 11.8 Å². The van der Waals surface area contributed by atoms with E-state index >= 15 is 0 Å². The molecule has 0 spiro atoms. The molecule has 92 valence electrons. The zero-order chi connectivity index (χ0) is 12.6. The second-order valence-corrected chi connectivity index (χ2v) is 6.26. The van der Waals surface area contributed by atoms with Crippen LogP contribution in [0.1, 0.15) is 20.8 Å². The van der Waals surface area contributed by atoms with Gasteiger partial charge in [0, 0.05) is 16.6 Å². The van der Waals surface area contributed by atoms with Crippen molar-refractivity contribution < 1.29 is 9.53 Å². The number of rotatable bonds is 1. The van der Waals surface area contributed by atoms with E-state index in [0.29, 0.717) is 12.1 Å². The van der Waals surface area contributed by atoms with Gasteiger partial charge in [-0.25, -0.2) is 9.79 Å². The molecule has 0 atom stereocenters. The highest BCUT2D eigenvalue weighted by Gasteiger charge is 2.32. The minimum Gasteiger partial charge on any atom is -0.466 e. The molecule has 0 saturated carbocycles. The summed E-state index contributed by atoms with van der Waals surface area (Å²) in [6.07, 6.45) is 3.80. The van der Waals surface area contributed by atoms with Crippen molar-refractivity contribution in [1.82, 2.24) is 4.90 Å². The largest absolute Gasteiger partial charge is 0.466 e. The summed E-state index contributed by atoms with van der Waals surface area (Å²) in [7, 11) is 1.39. The molecular weight excluding hydrogens is 236 g/mol. The monoisotopic (exact) mass is 252 g/mol. The van der Waals surface area contributed by atoms with Gasteiger partial charge in [-0.2, -0.15) is 0 Å². The number of hydrogen-bond acceptors (Lipinski definition) is 5. The number of nitrogens with zero attached hydrogens (tertiary/aromatic N) is 2. The number of methoxy groups -OCH3 is 1. The highest BCUT2D eigenvalue weighted by molar-refractivity contribution is 8.15. The molecule has 2 rings (SSSR count). The molecule has 0 saturated heterocycles. The van der Waals surface area contributed by atoms with Crippen LogP contribution >= 0.6 is 11.8 Å². The Morgan fingerprint density at radius 3 is 2.94 bits per heavy atom. The first-order valence-corrected chi connectivity index (χ1v) is 6.26. The van der Waals surface area contributed by atoms with Gasteiger partial charge in [0.1, 0.15) is 0 Å². The topological polar surface area (TPSA) is 41.9 Å². The number of ether oxygens (including phenoxy) is 1. The van der Waals surface area contributed by atoms with Gasteiger partial charge in [-0.15, -0.1) is 0 Å². The molecule has 0 aliphatic carbocycles. The summed E-state index contributed by atoms with van der Waals surface area (Å²) in [6, 6.07) is 0. The zero-order valence-electron chi connectivity index (χ0n) is 10.5. The van der Waals surface area contributed by atoms with E-state index in [1.54, 1.807) is 18.0 Å². The van der Waals surface area contributed by atoms with Crippen LogP contribution in [0.3, 0.4) is 0 Å². The molecule has 0 N–H and O–H groups in total. The van der Waals surface area contributed by atoms with Crippen molar-refractivity contribution in [1.29, 1.82) is 0 Å². The fourth-order valence-corrected chi connectivity index (χ4v) is 3.06. The number of thioether (sulfide) groups is 1. The summed E-state index contributed by atoms with van der Waals surface area (Å²) in [5.41, 5.74) is 1.71. The highest BCUT2D eigenvalue weighted by Crippen LogP contribution is 2.37. The molecule has 2 aliphatic heterocycles. The maximum atomic E-state index is 11.5. The molecule has 2 aliphatic rings. The van der Waals surface area contributed by atoms with Crippen LogP contribution < -0.4 is 0 Å². The molecule has 0 unspecified atom stereocenters. The number of carbonyl (C=O) groups is 1. The molecule has 0 radical (unpaired) electrons. The minimum absolute atomic E-state index is 0.0516.